The molecule has 0 bridgehead atoms. The molecule has 4 aromatic rings. The van der Waals surface area contributed by atoms with E-state index in [2.05, 4.69) is 4.98 Å². The molecule has 0 saturated heterocycles. The molecule has 0 saturated carbocycles. The Kier molecular flexibility index (Phi) is 4.37. The summed E-state index contributed by atoms with van der Waals surface area (Å²) in [6, 6.07) is 24.2. The Morgan fingerprint density at radius 1 is 0.923 bits per heavy atom. The van der Waals surface area contributed by atoms with E-state index in [4.69, 9.17) is 4.74 Å². The molecule has 0 spiro atoms. The molecule has 26 heavy (non-hydrogen) atoms. The minimum absolute atomic E-state index is 0.503. The van der Waals surface area contributed by atoms with Crippen molar-refractivity contribution in [1.29, 1.82) is 0 Å². The molecule has 4 rings (SSSR count). The monoisotopic (exact) mass is 361 g/mol. The van der Waals surface area contributed by atoms with Crippen LogP contribution in [0.1, 0.15) is 11.7 Å². The first-order chi connectivity index (χ1) is 12.7. The highest BCUT2D eigenvalue weighted by Gasteiger charge is 2.23. The number of aromatic nitrogens is 1. The first-order valence-electron chi connectivity index (χ1n) is 8.12. The predicted molar refractivity (Wildman–Crippen MR) is 103 cm³/mol. The van der Waals surface area contributed by atoms with Crippen LogP contribution in [0.15, 0.2) is 78.9 Å². The number of ether oxygens (including phenoxy) is 1. The van der Waals surface area contributed by atoms with Crippen molar-refractivity contribution in [2.24, 2.45) is 0 Å². The van der Waals surface area contributed by atoms with E-state index in [1.165, 1.54) is 0 Å². The number of hydrogen-bond acceptors (Lipinski definition) is 4. The fourth-order valence-corrected chi connectivity index (χ4v) is 3.75. The van der Waals surface area contributed by atoms with Gasteiger partial charge in [0.2, 0.25) is 6.10 Å². The molecule has 128 valence electrons. The highest BCUT2D eigenvalue weighted by Crippen LogP contribution is 2.37. The van der Waals surface area contributed by atoms with Crippen LogP contribution in [0.2, 0.25) is 0 Å². The molecule has 0 fully saturated rings. The summed E-state index contributed by atoms with van der Waals surface area (Å²) < 4.78 is 6.99. The van der Waals surface area contributed by atoms with Crippen LogP contribution in [0.3, 0.4) is 0 Å². The first-order valence-corrected chi connectivity index (χ1v) is 8.93. The van der Waals surface area contributed by atoms with E-state index in [9.17, 15) is 9.90 Å². The van der Waals surface area contributed by atoms with E-state index in [0.29, 0.717) is 11.3 Å². The van der Waals surface area contributed by atoms with Crippen molar-refractivity contribution >= 4 is 27.5 Å². The Bertz CT molecular complexity index is 1030. The summed E-state index contributed by atoms with van der Waals surface area (Å²) in [4.78, 5) is 16.4. The summed E-state index contributed by atoms with van der Waals surface area (Å²) in [6.07, 6.45) is -1.08. The number of carboxylic acid groups (broad SMARTS) is 1. The minimum atomic E-state index is -1.08. The molecule has 5 heteroatoms. The molecular formula is C21H15NO3S. The van der Waals surface area contributed by atoms with Gasteiger partial charge in [0.1, 0.15) is 10.8 Å². The lowest BCUT2D eigenvalue weighted by molar-refractivity contribution is -0.145. The van der Waals surface area contributed by atoms with Crippen molar-refractivity contribution in [1.82, 2.24) is 4.98 Å². The number of nitrogens with zero attached hydrogens (tertiary/aromatic N) is 1. The van der Waals surface area contributed by atoms with Gasteiger partial charge < -0.3 is 9.84 Å². The molecule has 0 amide bonds. The molecule has 3 aromatic carbocycles. The third kappa shape index (κ3) is 3.17. The van der Waals surface area contributed by atoms with Gasteiger partial charge in [0.15, 0.2) is 0 Å². The normalized spacial score (nSPS) is 12.0. The van der Waals surface area contributed by atoms with Gasteiger partial charge in [0, 0.05) is 5.56 Å². The van der Waals surface area contributed by atoms with Crippen LogP contribution < -0.4 is 4.74 Å². The Morgan fingerprint density at radius 3 is 2.38 bits per heavy atom. The van der Waals surface area contributed by atoms with Gasteiger partial charge >= 0.3 is 5.97 Å². The zero-order valence-electron chi connectivity index (χ0n) is 13.7. The fraction of sp³-hybridized carbons (Fsp3) is 0.0476. The Labute approximate surface area is 154 Å². The van der Waals surface area contributed by atoms with Gasteiger partial charge in [-0.15, -0.1) is 11.3 Å². The van der Waals surface area contributed by atoms with Crippen molar-refractivity contribution in [3.05, 3.63) is 84.4 Å². The van der Waals surface area contributed by atoms with E-state index in [-0.39, 0.29) is 0 Å². The second-order valence-corrected chi connectivity index (χ2v) is 6.76. The number of fused-ring (bicyclic) bond motifs is 1. The summed E-state index contributed by atoms with van der Waals surface area (Å²) in [5.74, 6) is -0.530. The molecule has 1 N–H and O–H groups in total. The van der Waals surface area contributed by atoms with Gasteiger partial charge in [-0.1, -0.05) is 54.6 Å². The van der Waals surface area contributed by atoms with Gasteiger partial charge in [-0.25, -0.2) is 9.78 Å². The van der Waals surface area contributed by atoms with Crippen LogP contribution in [0.25, 0.3) is 20.8 Å². The fourth-order valence-electron chi connectivity index (χ4n) is 2.75. The van der Waals surface area contributed by atoms with Gasteiger partial charge in [0.05, 0.1) is 15.8 Å². The van der Waals surface area contributed by atoms with Crippen molar-refractivity contribution in [2.75, 3.05) is 0 Å². The maximum atomic E-state index is 11.8. The van der Waals surface area contributed by atoms with Crippen molar-refractivity contribution in [2.45, 2.75) is 6.10 Å². The van der Waals surface area contributed by atoms with E-state index in [0.717, 1.165) is 20.8 Å². The molecule has 1 heterocycles. The zero-order chi connectivity index (χ0) is 17.9. The lowest BCUT2D eigenvalue weighted by Gasteiger charge is -2.17. The number of para-hydroxylation sites is 2. The van der Waals surface area contributed by atoms with E-state index in [1.54, 1.807) is 41.7 Å². The van der Waals surface area contributed by atoms with Gasteiger partial charge in [0.25, 0.3) is 0 Å². The van der Waals surface area contributed by atoms with Crippen LogP contribution >= 0.6 is 11.3 Å². The summed E-state index contributed by atoms with van der Waals surface area (Å²) in [5.41, 5.74) is 2.30. The summed E-state index contributed by atoms with van der Waals surface area (Å²) in [6.45, 7) is 0. The molecule has 1 atom stereocenters. The lowest BCUT2D eigenvalue weighted by atomic mass is 10.1. The molecule has 0 aliphatic heterocycles. The Balaban J connectivity index is 1.74. The predicted octanol–water partition coefficient (Wildman–Crippen LogP) is 5.17. The summed E-state index contributed by atoms with van der Waals surface area (Å²) in [7, 11) is 0. The number of thiazole rings is 1. The van der Waals surface area contributed by atoms with Crippen LogP contribution in [0.4, 0.5) is 0 Å². The maximum absolute atomic E-state index is 11.8. The smallest absolute Gasteiger partial charge is 0.349 e. The van der Waals surface area contributed by atoms with Gasteiger partial charge in [-0.05, 0) is 24.3 Å². The van der Waals surface area contributed by atoms with Gasteiger partial charge in [-0.2, -0.15) is 0 Å². The Hall–Kier alpha value is -3.18. The SMILES string of the molecule is O=C(O)C(Oc1ccccc1-c1nc2ccccc2s1)c1ccccc1. The minimum Gasteiger partial charge on any atom is -0.478 e. The van der Waals surface area contributed by atoms with Crippen LogP contribution in [-0.4, -0.2) is 16.1 Å². The molecule has 4 nitrogen and oxygen atoms in total. The van der Waals surface area contributed by atoms with Crippen molar-refractivity contribution < 1.29 is 14.6 Å². The molecule has 0 aliphatic carbocycles. The molecule has 1 aromatic heterocycles. The Morgan fingerprint density at radius 2 is 1.62 bits per heavy atom. The number of hydrogen-bond donors (Lipinski definition) is 1. The number of carboxylic acids is 1. The highest BCUT2D eigenvalue weighted by molar-refractivity contribution is 7.21. The zero-order valence-corrected chi connectivity index (χ0v) is 14.5. The quantitative estimate of drug-likeness (QED) is 0.533. The third-order valence-corrected chi connectivity index (χ3v) is 5.05. The number of carbonyl (C=O) groups is 1. The number of benzene rings is 3. The molecular weight excluding hydrogens is 346 g/mol. The van der Waals surface area contributed by atoms with Crippen LogP contribution in [0, 0.1) is 0 Å². The first kappa shape index (κ1) is 16.3. The van der Waals surface area contributed by atoms with E-state index < -0.39 is 12.1 Å². The highest BCUT2D eigenvalue weighted by atomic mass is 32.1. The van der Waals surface area contributed by atoms with Crippen LogP contribution in [0.5, 0.6) is 5.75 Å². The number of aliphatic carboxylic acids is 1. The second kappa shape index (κ2) is 6.98. The van der Waals surface area contributed by atoms with Crippen molar-refractivity contribution in [3.8, 4) is 16.3 Å². The lowest BCUT2D eigenvalue weighted by Crippen LogP contribution is -2.18. The molecule has 1 unspecified atom stereocenters. The summed E-state index contributed by atoms with van der Waals surface area (Å²) in [5, 5.41) is 10.4. The topological polar surface area (TPSA) is 59.4 Å². The average Bonchev–Trinajstić information content (AvgIpc) is 3.11. The largest absolute Gasteiger partial charge is 0.478 e. The van der Waals surface area contributed by atoms with Crippen LogP contribution in [-0.2, 0) is 4.79 Å². The van der Waals surface area contributed by atoms with Crippen molar-refractivity contribution in [3.63, 3.8) is 0 Å². The maximum Gasteiger partial charge on any atom is 0.349 e. The standard InChI is InChI=1S/C21H15NO3S/c23-21(24)19(14-8-2-1-3-9-14)25-17-12-6-4-10-15(17)20-22-16-11-5-7-13-18(16)26-20/h1-13,19H,(H,23,24). The number of rotatable bonds is 5. The third-order valence-electron chi connectivity index (χ3n) is 3.98. The summed E-state index contributed by atoms with van der Waals surface area (Å²) >= 11 is 1.56. The average molecular weight is 361 g/mol. The van der Waals surface area contributed by atoms with E-state index in [1.807, 2.05) is 48.5 Å². The molecule has 0 radical (unpaired) electrons. The second-order valence-electron chi connectivity index (χ2n) is 5.73. The van der Waals surface area contributed by atoms with Gasteiger partial charge in [-0.3, -0.25) is 0 Å². The molecule has 0 aliphatic rings. The van der Waals surface area contributed by atoms with E-state index >= 15 is 0 Å².